The van der Waals surface area contributed by atoms with E-state index in [-0.39, 0.29) is 20.6 Å². The third-order valence-electron chi connectivity index (χ3n) is 3.23. The van der Waals surface area contributed by atoms with Crippen LogP contribution in [0.5, 0.6) is 0 Å². The van der Waals surface area contributed by atoms with Crippen LogP contribution in [0.1, 0.15) is 47.0 Å². The van der Waals surface area contributed by atoms with E-state index in [1.165, 1.54) is 31.6 Å². The van der Waals surface area contributed by atoms with Gasteiger partial charge in [-0.25, -0.2) is 0 Å². The SMILES string of the molecule is C.C.O=C1C=CCCC1.c1cc(N2CCCC2)ccn1. The lowest BCUT2D eigenvalue weighted by Gasteiger charge is -2.16. The number of carbonyl (C=O) groups excluding carboxylic acids is 1. The third-order valence-corrected chi connectivity index (χ3v) is 3.23. The van der Waals surface area contributed by atoms with Gasteiger partial charge in [0.1, 0.15) is 0 Å². The van der Waals surface area contributed by atoms with E-state index in [4.69, 9.17) is 0 Å². The second-order valence-corrected chi connectivity index (χ2v) is 4.66. The van der Waals surface area contributed by atoms with Crippen LogP contribution >= 0.6 is 0 Å². The maximum Gasteiger partial charge on any atom is 0.155 e. The minimum atomic E-state index is 0. The predicted molar refractivity (Wildman–Crippen MR) is 87.1 cm³/mol. The quantitative estimate of drug-likeness (QED) is 0.769. The second kappa shape index (κ2) is 10.2. The molecule has 20 heavy (non-hydrogen) atoms. The molecule has 0 saturated carbocycles. The zero-order valence-electron chi connectivity index (χ0n) is 10.7. The number of nitrogens with zero attached hydrogens (tertiary/aromatic N) is 2. The van der Waals surface area contributed by atoms with Crippen molar-refractivity contribution in [3.8, 4) is 0 Å². The minimum Gasteiger partial charge on any atom is -0.371 e. The van der Waals surface area contributed by atoms with Crippen LogP contribution in [-0.4, -0.2) is 23.9 Å². The lowest BCUT2D eigenvalue weighted by molar-refractivity contribution is -0.114. The average Bonchev–Trinajstić information content (AvgIpc) is 2.95. The standard InChI is InChI=1S/C9H12N2.C6H8O.2CH4/c1-2-8-11(7-1)9-3-5-10-6-4-9;7-6-4-2-1-3-5-6;;/h3-6H,1-2,7-8H2;2,4H,1,3,5H2;2*1H4. The predicted octanol–water partition coefficient (Wildman–Crippen LogP) is 4.25. The third kappa shape index (κ3) is 6.00. The number of rotatable bonds is 1. The summed E-state index contributed by atoms with van der Waals surface area (Å²) >= 11 is 0. The van der Waals surface area contributed by atoms with Crippen molar-refractivity contribution in [2.45, 2.75) is 47.0 Å². The van der Waals surface area contributed by atoms with Crippen LogP contribution in [-0.2, 0) is 4.79 Å². The zero-order valence-corrected chi connectivity index (χ0v) is 10.7. The number of ketones is 1. The molecule has 3 nitrogen and oxygen atoms in total. The molecule has 1 aromatic heterocycles. The molecule has 2 heterocycles. The van der Waals surface area contributed by atoms with Crippen LogP contribution in [0.3, 0.4) is 0 Å². The Hall–Kier alpha value is -1.64. The van der Waals surface area contributed by atoms with Gasteiger partial charge in [0.25, 0.3) is 0 Å². The lowest BCUT2D eigenvalue weighted by atomic mass is 10.1. The van der Waals surface area contributed by atoms with E-state index in [0.29, 0.717) is 0 Å². The smallest absolute Gasteiger partial charge is 0.155 e. The highest BCUT2D eigenvalue weighted by molar-refractivity contribution is 5.90. The van der Waals surface area contributed by atoms with E-state index in [0.717, 1.165) is 19.3 Å². The Morgan fingerprint density at radius 1 is 1.00 bits per heavy atom. The van der Waals surface area contributed by atoms with Gasteiger partial charge in [0, 0.05) is 37.6 Å². The van der Waals surface area contributed by atoms with Crippen LogP contribution in [0.4, 0.5) is 5.69 Å². The summed E-state index contributed by atoms with van der Waals surface area (Å²) in [7, 11) is 0. The molecule has 1 aliphatic carbocycles. The summed E-state index contributed by atoms with van der Waals surface area (Å²) in [5.41, 5.74) is 1.32. The van der Waals surface area contributed by atoms with E-state index in [1.807, 2.05) is 18.5 Å². The van der Waals surface area contributed by atoms with Crippen molar-refractivity contribution in [3.05, 3.63) is 36.7 Å². The largest absolute Gasteiger partial charge is 0.371 e. The van der Waals surface area contributed by atoms with Crippen molar-refractivity contribution in [1.29, 1.82) is 0 Å². The molecular weight excluding hydrogens is 248 g/mol. The first-order valence-corrected chi connectivity index (χ1v) is 6.70. The Morgan fingerprint density at radius 2 is 1.65 bits per heavy atom. The first-order valence-electron chi connectivity index (χ1n) is 6.70. The molecule has 3 rings (SSSR count). The first kappa shape index (κ1) is 18.4. The molecular formula is C17H28N2O. The van der Waals surface area contributed by atoms with Crippen molar-refractivity contribution < 1.29 is 4.79 Å². The summed E-state index contributed by atoms with van der Waals surface area (Å²) < 4.78 is 0. The van der Waals surface area contributed by atoms with Crippen LogP contribution in [0.2, 0.25) is 0 Å². The molecule has 2 aliphatic rings. The Morgan fingerprint density at radius 3 is 2.10 bits per heavy atom. The van der Waals surface area contributed by atoms with Crippen molar-refractivity contribution in [1.82, 2.24) is 4.98 Å². The maximum atomic E-state index is 10.4. The maximum absolute atomic E-state index is 10.4. The first-order chi connectivity index (χ1) is 8.86. The number of aromatic nitrogens is 1. The molecule has 1 fully saturated rings. The van der Waals surface area contributed by atoms with E-state index in [1.54, 1.807) is 6.08 Å². The average molecular weight is 276 g/mol. The van der Waals surface area contributed by atoms with Crippen molar-refractivity contribution in [3.63, 3.8) is 0 Å². The van der Waals surface area contributed by atoms with Gasteiger partial charge in [-0.1, -0.05) is 20.9 Å². The summed E-state index contributed by atoms with van der Waals surface area (Å²) in [5.74, 6) is 0.284. The summed E-state index contributed by atoms with van der Waals surface area (Å²) in [6.07, 6.45) is 12.9. The summed E-state index contributed by atoms with van der Waals surface area (Å²) in [6.45, 7) is 2.42. The van der Waals surface area contributed by atoms with E-state index in [2.05, 4.69) is 22.0 Å². The molecule has 0 radical (unpaired) electrons. The number of anilines is 1. The van der Waals surface area contributed by atoms with Gasteiger partial charge in [0.15, 0.2) is 5.78 Å². The fraction of sp³-hybridized carbons (Fsp3) is 0.529. The summed E-state index contributed by atoms with van der Waals surface area (Å²) in [6, 6.07) is 4.15. The normalized spacial score (nSPS) is 16.6. The van der Waals surface area contributed by atoms with Gasteiger partial charge in [-0.15, -0.1) is 0 Å². The Balaban J connectivity index is 0.000000356. The monoisotopic (exact) mass is 276 g/mol. The summed E-state index contributed by atoms with van der Waals surface area (Å²) in [4.78, 5) is 16.8. The number of carbonyl (C=O) groups is 1. The molecule has 0 unspecified atom stereocenters. The number of hydrogen-bond acceptors (Lipinski definition) is 3. The molecule has 0 N–H and O–H groups in total. The molecule has 0 spiro atoms. The molecule has 112 valence electrons. The van der Waals surface area contributed by atoms with Gasteiger partial charge in [-0.05, 0) is 43.9 Å². The molecule has 1 saturated heterocycles. The Labute approximate surface area is 123 Å². The lowest BCUT2D eigenvalue weighted by Crippen LogP contribution is -2.17. The van der Waals surface area contributed by atoms with Gasteiger partial charge in [-0.3, -0.25) is 9.78 Å². The second-order valence-electron chi connectivity index (χ2n) is 4.66. The van der Waals surface area contributed by atoms with Gasteiger partial charge in [0.2, 0.25) is 0 Å². The summed E-state index contributed by atoms with van der Waals surface area (Å²) in [5, 5.41) is 0. The molecule has 0 aromatic carbocycles. The molecule has 0 atom stereocenters. The van der Waals surface area contributed by atoms with Gasteiger partial charge >= 0.3 is 0 Å². The van der Waals surface area contributed by atoms with E-state index < -0.39 is 0 Å². The highest BCUT2D eigenvalue weighted by atomic mass is 16.1. The van der Waals surface area contributed by atoms with Crippen LogP contribution < -0.4 is 4.90 Å². The number of hydrogen-bond donors (Lipinski definition) is 0. The minimum absolute atomic E-state index is 0. The van der Waals surface area contributed by atoms with Crippen molar-refractivity contribution in [2.75, 3.05) is 18.0 Å². The van der Waals surface area contributed by atoms with Crippen LogP contribution in [0.25, 0.3) is 0 Å². The van der Waals surface area contributed by atoms with Gasteiger partial charge < -0.3 is 4.90 Å². The number of allylic oxidation sites excluding steroid dienone is 2. The van der Waals surface area contributed by atoms with Gasteiger partial charge in [-0.2, -0.15) is 0 Å². The van der Waals surface area contributed by atoms with Crippen molar-refractivity contribution >= 4 is 11.5 Å². The topological polar surface area (TPSA) is 33.2 Å². The van der Waals surface area contributed by atoms with Crippen LogP contribution in [0, 0.1) is 0 Å². The zero-order chi connectivity index (χ0) is 12.6. The molecule has 0 amide bonds. The van der Waals surface area contributed by atoms with E-state index >= 15 is 0 Å². The fourth-order valence-electron chi connectivity index (χ4n) is 2.22. The Bertz CT molecular complexity index is 395. The van der Waals surface area contributed by atoms with Crippen molar-refractivity contribution in [2.24, 2.45) is 0 Å². The van der Waals surface area contributed by atoms with E-state index in [9.17, 15) is 4.79 Å². The highest BCUT2D eigenvalue weighted by Gasteiger charge is 2.10. The fourth-order valence-corrected chi connectivity index (χ4v) is 2.22. The van der Waals surface area contributed by atoms with Crippen LogP contribution in [0.15, 0.2) is 36.7 Å². The molecule has 0 bridgehead atoms. The molecule has 1 aliphatic heterocycles. The molecule has 1 aromatic rings. The van der Waals surface area contributed by atoms with Gasteiger partial charge in [0.05, 0.1) is 0 Å². The molecule has 3 heteroatoms. The Kier molecular flexibility index (Phi) is 9.35. The highest BCUT2D eigenvalue weighted by Crippen LogP contribution is 2.17. The number of pyridine rings is 1.